The molecule has 0 bridgehead atoms. The summed E-state index contributed by atoms with van der Waals surface area (Å²) in [6.07, 6.45) is 0. The molecule has 1 aliphatic rings. The van der Waals surface area contributed by atoms with E-state index >= 15 is 0 Å². The fraction of sp³-hybridized carbons (Fsp3) is 0.350. The minimum absolute atomic E-state index is 0.133. The Morgan fingerprint density at radius 2 is 1.77 bits per heavy atom. The van der Waals surface area contributed by atoms with Gasteiger partial charge in [0, 0.05) is 10.6 Å². The Morgan fingerprint density at radius 3 is 2.42 bits per heavy atom. The van der Waals surface area contributed by atoms with Gasteiger partial charge >= 0.3 is 0 Å². The van der Waals surface area contributed by atoms with Crippen molar-refractivity contribution in [1.82, 2.24) is 0 Å². The van der Waals surface area contributed by atoms with Gasteiger partial charge in [0.05, 0.1) is 5.69 Å². The van der Waals surface area contributed by atoms with Gasteiger partial charge in [0.2, 0.25) is 0 Å². The molecule has 1 saturated heterocycles. The molecule has 1 fully saturated rings. The standard InChI is InChI=1S/C20H23ClFN3O/c1-15(20(26)23-19-5-3-2-4-18(19)22)25-12-10-24(11-13-25)14-16-6-8-17(21)9-7-16/h2-9,15H,10-14H2,1H3,(H,23,26)/p+2/t15-/m0/s1. The summed E-state index contributed by atoms with van der Waals surface area (Å²) in [5, 5.41) is 3.47. The van der Waals surface area contributed by atoms with Crippen LogP contribution in [0.3, 0.4) is 0 Å². The summed E-state index contributed by atoms with van der Waals surface area (Å²) in [4.78, 5) is 15.2. The van der Waals surface area contributed by atoms with Gasteiger partial charge in [0.15, 0.2) is 6.04 Å². The zero-order valence-electron chi connectivity index (χ0n) is 14.9. The first kappa shape index (κ1) is 18.8. The Balaban J connectivity index is 1.50. The molecule has 0 radical (unpaired) electrons. The molecule has 0 saturated carbocycles. The molecule has 0 unspecified atom stereocenters. The summed E-state index contributed by atoms with van der Waals surface area (Å²) in [5.74, 6) is -0.536. The van der Waals surface area contributed by atoms with E-state index in [0.717, 1.165) is 37.7 Å². The highest BCUT2D eigenvalue weighted by atomic mass is 35.5. The van der Waals surface area contributed by atoms with Gasteiger partial charge in [-0.3, -0.25) is 4.79 Å². The summed E-state index contributed by atoms with van der Waals surface area (Å²) < 4.78 is 13.7. The minimum atomic E-state index is -0.403. The molecule has 0 spiro atoms. The molecule has 138 valence electrons. The fourth-order valence-corrected chi connectivity index (χ4v) is 3.54. The minimum Gasteiger partial charge on any atom is -0.322 e. The summed E-state index contributed by atoms with van der Waals surface area (Å²) in [6, 6.07) is 14.1. The molecular weight excluding hydrogens is 353 g/mol. The number of hydrogen-bond donors (Lipinski definition) is 3. The van der Waals surface area contributed by atoms with Crippen LogP contribution in [0, 0.1) is 5.82 Å². The Morgan fingerprint density at radius 1 is 1.12 bits per heavy atom. The molecule has 26 heavy (non-hydrogen) atoms. The predicted molar refractivity (Wildman–Crippen MR) is 101 cm³/mol. The van der Waals surface area contributed by atoms with Crippen molar-refractivity contribution in [2.45, 2.75) is 19.5 Å². The quantitative estimate of drug-likeness (QED) is 0.708. The Kier molecular flexibility index (Phi) is 6.25. The van der Waals surface area contributed by atoms with Crippen molar-refractivity contribution in [3.63, 3.8) is 0 Å². The van der Waals surface area contributed by atoms with E-state index in [1.54, 1.807) is 18.2 Å². The molecule has 4 nitrogen and oxygen atoms in total. The number of carbonyl (C=O) groups is 1. The fourth-order valence-electron chi connectivity index (χ4n) is 3.41. The van der Waals surface area contributed by atoms with E-state index in [9.17, 15) is 9.18 Å². The highest BCUT2D eigenvalue weighted by Gasteiger charge is 2.31. The number of carbonyl (C=O) groups excluding carboxylic acids is 1. The molecule has 2 aromatic rings. The van der Waals surface area contributed by atoms with Crippen LogP contribution in [-0.2, 0) is 11.3 Å². The predicted octanol–water partition coefficient (Wildman–Crippen LogP) is 0.790. The van der Waals surface area contributed by atoms with Crippen LogP contribution in [0.15, 0.2) is 48.5 Å². The van der Waals surface area contributed by atoms with Gasteiger partial charge in [0.1, 0.15) is 38.5 Å². The first-order valence-electron chi connectivity index (χ1n) is 9.01. The topological polar surface area (TPSA) is 38.0 Å². The van der Waals surface area contributed by atoms with Gasteiger partial charge in [-0.1, -0.05) is 35.9 Å². The van der Waals surface area contributed by atoms with Crippen LogP contribution in [-0.4, -0.2) is 38.1 Å². The van der Waals surface area contributed by atoms with E-state index in [1.807, 2.05) is 19.1 Å². The SMILES string of the molecule is C[C@@H](C(=O)Nc1ccccc1F)[NH+]1CC[NH+](Cc2ccc(Cl)cc2)CC1. The Labute approximate surface area is 158 Å². The van der Waals surface area contributed by atoms with Crippen LogP contribution in [0.25, 0.3) is 0 Å². The monoisotopic (exact) mass is 377 g/mol. The highest BCUT2D eigenvalue weighted by Crippen LogP contribution is 2.12. The summed E-state index contributed by atoms with van der Waals surface area (Å²) >= 11 is 5.93. The van der Waals surface area contributed by atoms with E-state index in [-0.39, 0.29) is 17.6 Å². The van der Waals surface area contributed by atoms with Gasteiger partial charge in [-0.15, -0.1) is 0 Å². The maximum atomic E-state index is 13.7. The lowest BCUT2D eigenvalue weighted by Gasteiger charge is -2.32. The second-order valence-corrected chi connectivity index (χ2v) is 7.34. The number of quaternary nitrogens is 2. The molecule has 2 aromatic carbocycles. The van der Waals surface area contributed by atoms with Gasteiger partial charge < -0.3 is 15.1 Å². The van der Waals surface area contributed by atoms with Crippen molar-refractivity contribution in [3.8, 4) is 0 Å². The van der Waals surface area contributed by atoms with Crippen molar-refractivity contribution in [2.24, 2.45) is 0 Å². The highest BCUT2D eigenvalue weighted by molar-refractivity contribution is 6.30. The first-order chi connectivity index (χ1) is 12.5. The van der Waals surface area contributed by atoms with Crippen molar-refractivity contribution in [3.05, 3.63) is 64.9 Å². The Hall–Kier alpha value is -1.95. The number of anilines is 1. The lowest BCUT2D eigenvalue weighted by molar-refractivity contribution is -1.02. The van der Waals surface area contributed by atoms with Crippen LogP contribution in [0.1, 0.15) is 12.5 Å². The van der Waals surface area contributed by atoms with Crippen LogP contribution in [0.4, 0.5) is 10.1 Å². The summed E-state index contributed by atoms with van der Waals surface area (Å²) in [6.45, 7) is 6.75. The van der Waals surface area contributed by atoms with Crippen LogP contribution < -0.4 is 15.1 Å². The van der Waals surface area contributed by atoms with Crippen LogP contribution >= 0.6 is 11.6 Å². The zero-order valence-corrected chi connectivity index (χ0v) is 15.7. The maximum absolute atomic E-state index is 13.7. The van der Waals surface area contributed by atoms with Gasteiger partial charge in [-0.25, -0.2) is 4.39 Å². The third-order valence-electron chi connectivity index (χ3n) is 5.10. The molecule has 6 heteroatoms. The number of amides is 1. The number of para-hydroxylation sites is 1. The average Bonchev–Trinajstić information content (AvgIpc) is 2.65. The molecule has 1 aliphatic heterocycles. The normalized spacial score (nSPS) is 21.2. The van der Waals surface area contributed by atoms with E-state index in [2.05, 4.69) is 17.4 Å². The lowest BCUT2D eigenvalue weighted by Crippen LogP contribution is -3.29. The molecule has 3 rings (SSSR count). The van der Waals surface area contributed by atoms with Crippen molar-refractivity contribution in [2.75, 3.05) is 31.5 Å². The van der Waals surface area contributed by atoms with E-state index < -0.39 is 5.82 Å². The lowest BCUT2D eigenvalue weighted by atomic mass is 10.1. The summed E-state index contributed by atoms with van der Waals surface area (Å²) in [5.41, 5.74) is 1.52. The number of rotatable bonds is 5. The average molecular weight is 378 g/mol. The Bertz CT molecular complexity index is 745. The first-order valence-corrected chi connectivity index (χ1v) is 9.38. The van der Waals surface area contributed by atoms with E-state index in [4.69, 9.17) is 11.6 Å². The van der Waals surface area contributed by atoms with E-state index in [1.165, 1.54) is 21.4 Å². The van der Waals surface area contributed by atoms with Crippen molar-refractivity contribution >= 4 is 23.2 Å². The number of benzene rings is 2. The number of nitrogens with one attached hydrogen (secondary N) is 3. The molecule has 3 N–H and O–H groups in total. The van der Waals surface area contributed by atoms with E-state index in [0.29, 0.717) is 0 Å². The third kappa shape index (κ3) is 4.81. The second kappa shape index (κ2) is 8.62. The molecule has 0 aromatic heterocycles. The van der Waals surface area contributed by atoms with Crippen LogP contribution in [0.5, 0.6) is 0 Å². The van der Waals surface area contributed by atoms with Gasteiger partial charge in [-0.05, 0) is 31.2 Å². The number of piperazine rings is 1. The van der Waals surface area contributed by atoms with Gasteiger partial charge in [0.25, 0.3) is 5.91 Å². The van der Waals surface area contributed by atoms with Crippen LogP contribution in [0.2, 0.25) is 5.02 Å². The molecule has 1 atom stereocenters. The molecule has 1 heterocycles. The number of hydrogen-bond acceptors (Lipinski definition) is 1. The molecule has 0 aliphatic carbocycles. The smallest absolute Gasteiger partial charge is 0.282 e. The largest absolute Gasteiger partial charge is 0.322 e. The zero-order chi connectivity index (χ0) is 18.5. The third-order valence-corrected chi connectivity index (χ3v) is 5.36. The molecule has 1 amide bonds. The van der Waals surface area contributed by atoms with Crippen molar-refractivity contribution in [1.29, 1.82) is 0 Å². The molecular formula is C20H25ClFN3O+2. The van der Waals surface area contributed by atoms with Crippen molar-refractivity contribution < 1.29 is 19.0 Å². The summed E-state index contributed by atoms with van der Waals surface area (Å²) in [7, 11) is 0. The number of halogens is 2. The van der Waals surface area contributed by atoms with Gasteiger partial charge in [-0.2, -0.15) is 0 Å². The second-order valence-electron chi connectivity index (χ2n) is 6.90. The maximum Gasteiger partial charge on any atom is 0.282 e.